The van der Waals surface area contributed by atoms with Crippen LogP contribution in [0.15, 0.2) is 24.3 Å². The van der Waals surface area contributed by atoms with Crippen molar-refractivity contribution in [3.05, 3.63) is 30.1 Å². The lowest BCUT2D eigenvalue weighted by molar-refractivity contribution is -0.126. The van der Waals surface area contributed by atoms with Gasteiger partial charge in [-0.15, -0.1) is 0 Å². The second kappa shape index (κ2) is 7.89. The molecule has 5 nitrogen and oxygen atoms in total. The first-order valence-electron chi connectivity index (χ1n) is 7.58. The van der Waals surface area contributed by atoms with Gasteiger partial charge in [0.05, 0.1) is 5.69 Å². The molecule has 1 fully saturated rings. The van der Waals surface area contributed by atoms with Gasteiger partial charge in [-0.3, -0.25) is 9.59 Å². The Morgan fingerprint density at radius 3 is 2.59 bits per heavy atom. The van der Waals surface area contributed by atoms with Crippen molar-refractivity contribution in [2.24, 2.45) is 5.92 Å². The summed E-state index contributed by atoms with van der Waals surface area (Å²) in [7, 11) is 1.65. The SMILES string of the molecule is CNC(=O)C1CCN(CCC(=O)Nc2ccccc2F)CC1. The summed E-state index contributed by atoms with van der Waals surface area (Å²) in [5.41, 5.74) is 0.214. The fourth-order valence-corrected chi connectivity index (χ4v) is 2.66. The zero-order valence-electron chi connectivity index (χ0n) is 12.8. The van der Waals surface area contributed by atoms with E-state index in [1.807, 2.05) is 0 Å². The number of anilines is 1. The van der Waals surface area contributed by atoms with Gasteiger partial charge in [-0.2, -0.15) is 0 Å². The summed E-state index contributed by atoms with van der Waals surface area (Å²) in [5.74, 6) is -0.453. The van der Waals surface area contributed by atoms with Crippen LogP contribution in [-0.2, 0) is 9.59 Å². The molecule has 120 valence electrons. The molecule has 0 bridgehead atoms. The molecule has 0 saturated carbocycles. The number of halogens is 1. The Hall–Kier alpha value is -1.95. The quantitative estimate of drug-likeness (QED) is 0.869. The number of likely N-dealkylation sites (tertiary alicyclic amines) is 1. The van der Waals surface area contributed by atoms with Crippen LogP contribution in [-0.4, -0.2) is 43.4 Å². The molecule has 2 rings (SSSR count). The van der Waals surface area contributed by atoms with Gasteiger partial charge < -0.3 is 15.5 Å². The van der Waals surface area contributed by atoms with Crippen molar-refractivity contribution < 1.29 is 14.0 Å². The van der Waals surface area contributed by atoms with Gasteiger partial charge in [0.1, 0.15) is 5.82 Å². The van der Waals surface area contributed by atoms with Crippen LogP contribution < -0.4 is 10.6 Å². The largest absolute Gasteiger partial charge is 0.359 e. The fourth-order valence-electron chi connectivity index (χ4n) is 2.66. The normalized spacial score (nSPS) is 16.3. The lowest BCUT2D eigenvalue weighted by Crippen LogP contribution is -2.40. The fraction of sp³-hybridized carbons (Fsp3) is 0.500. The van der Waals surface area contributed by atoms with E-state index in [1.54, 1.807) is 25.2 Å². The number of para-hydroxylation sites is 1. The van der Waals surface area contributed by atoms with E-state index in [-0.39, 0.29) is 23.4 Å². The van der Waals surface area contributed by atoms with Crippen molar-refractivity contribution in [3.8, 4) is 0 Å². The number of hydrogen-bond acceptors (Lipinski definition) is 3. The second-order valence-corrected chi connectivity index (χ2v) is 5.51. The van der Waals surface area contributed by atoms with Crippen LogP contribution in [0.5, 0.6) is 0 Å². The van der Waals surface area contributed by atoms with Crippen LogP contribution >= 0.6 is 0 Å². The predicted octanol–water partition coefficient (Wildman–Crippen LogP) is 1.61. The van der Waals surface area contributed by atoms with Crippen molar-refractivity contribution in [1.29, 1.82) is 0 Å². The molecule has 0 atom stereocenters. The van der Waals surface area contributed by atoms with Crippen LogP contribution in [0.3, 0.4) is 0 Å². The zero-order valence-corrected chi connectivity index (χ0v) is 12.8. The predicted molar refractivity (Wildman–Crippen MR) is 82.9 cm³/mol. The molecule has 0 aromatic heterocycles. The van der Waals surface area contributed by atoms with Crippen LogP contribution in [0.2, 0.25) is 0 Å². The molecule has 0 unspecified atom stereocenters. The van der Waals surface area contributed by atoms with Gasteiger partial charge in [-0.05, 0) is 38.1 Å². The molecule has 2 N–H and O–H groups in total. The molecule has 6 heteroatoms. The molecule has 1 aliphatic rings. The highest BCUT2D eigenvalue weighted by Gasteiger charge is 2.24. The molecule has 1 saturated heterocycles. The Labute approximate surface area is 129 Å². The molecule has 0 spiro atoms. The van der Waals surface area contributed by atoms with Gasteiger partial charge in [0.25, 0.3) is 0 Å². The molecular formula is C16H22FN3O2. The molecular weight excluding hydrogens is 285 g/mol. The number of amides is 2. The second-order valence-electron chi connectivity index (χ2n) is 5.51. The van der Waals surface area contributed by atoms with E-state index in [1.165, 1.54) is 6.07 Å². The lowest BCUT2D eigenvalue weighted by Gasteiger charge is -2.30. The third-order valence-electron chi connectivity index (χ3n) is 4.01. The monoisotopic (exact) mass is 307 g/mol. The van der Waals surface area contributed by atoms with Crippen molar-refractivity contribution in [1.82, 2.24) is 10.2 Å². The number of nitrogens with one attached hydrogen (secondary N) is 2. The van der Waals surface area contributed by atoms with E-state index in [0.29, 0.717) is 13.0 Å². The number of carbonyl (C=O) groups excluding carboxylic acids is 2. The number of piperidine rings is 1. The summed E-state index contributed by atoms with van der Waals surface area (Å²) in [6.07, 6.45) is 1.95. The van der Waals surface area contributed by atoms with E-state index < -0.39 is 5.82 Å². The third kappa shape index (κ3) is 4.53. The van der Waals surface area contributed by atoms with Gasteiger partial charge in [-0.1, -0.05) is 12.1 Å². The first kappa shape index (κ1) is 16.4. The van der Waals surface area contributed by atoms with Crippen molar-refractivity contribution in [2.75, 3.05) is 32.0 Å². The maximum atomic E-state index is 13.4. The molecule has 1 aromatic carbocycles. The van der Waals surface area contributed by atoms with Gasteiger partial charge in [-0.25, -0.2) is 4.39 Å². The Morgan fingerprint density at radius 2 is 1.95 bits per heavy atom. The maximum absolute atomic E-state index is 13.4. The Balaban J connectivity index is 1.72. The standard InChI is InChI=1S/C16H22FN3O2/c1-18-16(22)12-6-9-20(10-7-12)11-8-15(21)19-14-5-3-2-4-13(14)17/h2-5,12H,6-11H2,1H3,(H,18,22)(H,19,21). The lowest BCUT2D eigenvalue weighted by atomic mass is 9.96. The van der Waals surface area contributed by atoms with E-state index in [9.17, 15) is 14.0 Å². The van der Waals surface area contributed by atoms with Crippen LogP contribution in [0.1, 0.15) is 19.3 Å². The summed E-state index contributed by atoms with van der Waals surface area (Å²) in [4.78, 5) is 25.6. The first-order chi connectivity index (χ1) is 10.6. The minimum atomic E-state index is -0.428. The van der Waals surface area contributed by atoms with Crippen LogP contribution in [0, 0.1) is 11.7 Å². The molecule has 0 aliphatic carbocycles. The number of carbonyl (C=O) groups is 2. The first-order valence-corrected chi connectivity index (χ1v) is 7.58. The molecule has 1 heterocycles. The number of rotatable bonds is 5. The van der Waals surface area contributed by atoms with Gasteiger partial charge in [0, 0.05) is 25.9 Å². The van der Waals surface area contributed by atoms with Crippen molar-refractivity contribution in [3.63, 3.8) is 0 Å². The average Bonchev–Trinajstić information content (AvgIpc) is 2.55. The summed E-state index contributed by atoms with van der Waals surface area (Å²) in [6, 6.07) is 6.13. The molecule has 1 aliphatic heterocycles. The van der Waals surface area contributed by atoms with Crippen LogP contribution in [0.4, 0.5) is 10.1 Å². The highest BCUT2D eigenvalue weighted by atomic mass is 19.1. The molecule has 0 radical (unpaired) electrons. The van der Waals surface area contributed by atoms with Gasteiger partial charge >= 0.3 is 0 Å². The highest BCUT2D eigenvalue weighted by molar-refractivity contribution is 5.90. The molecule has 22 heavy (non-hydrogen) atoms. The third-order valence-corrected chi connectivity index (χ3v) is 4.01. The van der Waals surface area contributed by atoms with E-state index in [4.69, 9.17) is 0 Å². The van der Waals surface area contributed by atoms with Gasteiger partial charge in [0.15, 0.2) is 0 Å². The average molecular weight is 307 g/mol. The minimum Gasteiger partial charge on any atom is -0.359 e. The highest BCUT2D eigenvalue weighted by Crippen LogP contribution is 2.17. The number of benzene rings is 1. The van der Waals surface area contributed by atoms with Crippen LogP contribution in [0.25, 0.3) is 0 Å². The summed E-state index contributed by atoms with van der Waals surface area (Å²) in [5, 5.41) is 5.26. The summed E-state index contributed by atoms with van der Waals surface area (Å²) in [6.45, 7) is 2.25. The minimum absolute atomic E-state index is 0.0773. The van der Waals surface area contributed by atoms with Gasteiger partial charge in [0.2, 0.25) is 11.8 Å². The van der Waals surface area contributed by atoms with E-state index in [2.05, 4.69) is 15.5 Å². The maximum Gasteiger partial charge on any atom is 0.225 e. The van der Waals surface area contributed by atoms with E-state index in [0.717, 1.165) is 25.9 Å². The van der Waals surface area contributed by atoms with E-state index >= 15 is 0 Å². The van der Waals surface area contributed by atoms with Crippen molar-refractivity contribution in [2.45, 2.75) is 19.3 Å². The summed E-state index contributed by atoms with van der Waals surface area (Å²) < 4.78 is 13.4. The Morgan fingerprint density at radius 1 is 1.27 bits per heavy atom. The smallest absolute Gasteiger partial charge is 0.225 e. The summed E-state index contributed by atoms with van der Waals surface area (Å²) >= 11 is 0. The Kier molecular flexibility index (Phi) is 5.89. The topological polar surface area (TPSA) is 61.4 Å². The Bertz CT molecular complexity index is 528. The molecule has 2 amide bonds. The van der Waals surface area contributed by atoms with Crippen molar-refractivity contribution >= 4 is 17.5 Å². The number of hydrogen-bond donors (Lipinski definition) is 2. The molecule has 1 aromatic rings. The zero-order chi connectivity index (χ0) is 15.9. The number of nitrogens with zero attached hydrogens (tertiary/aromatic N) is 1.